The Morgan fingerprint density at radius 1 is 1.12 bits per heavy atom. The maximum Gasteiger partial charge on any atom is 0.256 e. The summed E-state index contributed by atoms with van der Waals surface area (Å²) in [5, 5.41) is 9.02. The molecule has 8 heteroatoms. The van der Waals surface area contributed by atoms with E-state index in [-0.39, 0.29) is 18.0 Å². The number of piperidine rings is 2. The summed E-state index contributed by atoms with van der Waals surface area (Å²) in [6, 6.07) is 5.79. The molecule has 2 bridgehead atoms. The topological polar surface area (TPSA) is 76.8 Å². The van der Waals surface area contributed by atoms with Crippen LogP contribution in [0.5, 0.6) is 0 Å². The summed E-state index contributed by atoms with van der Waals surface area (Å²) >= 11 is 6.32. The molecule has 2 saturated carbocycles. The zero-order valence-corrected chi connectivity index (χ0v) is 19.4. The summed E-state index contributed by atoms with van der Waals surface area (Å²) in [6.45, 7) is 2.29. The van der Waals surface area contributed by atoms with Crippen molar-refractivity contribution in [2.24, 2.45) is 11.8 Å². The quantitative estimate of drug-likeness (QED) is 0.540. The van der Waals surface area contributed by atoms with Gasteiger partial charge in [-0.05, 0) is 68.6 Å². The second kappa shape index (κ2) is 8.20. The van der Waals surface area contributed by atoms with Gasteiger partial charge in [-0.3, -0.25) is 14.8 Å². The third-order valence-electron chi connectivity index (χ3n) is 7.73. The summed E-state index contributed by atoms with van der Waals surface area (Å²) in [5.74, 6) is 1.77. The number of aryl methyl sites for hydroxylation is 1. The van der Waals surface area contributed by atoms with Crippen molar-refractivity contribution < 1.29 is 4.79 Å². The second-order valence-corrected chi connectivity index (χ2v) is 10.2. The van der Waals surface area contributed by atoms with Gasteiger partial charge in [-0.2, -0.15) is 15.0 Å². The lowest BCUT2D eigenvalue weighted by atomic mass is 9.64. The predicted octanol–water partition coefficient (Wildman–Crippen LogP) is 4.46. The van der Waals surface area contributed by atoms with E-state index in [4.69, 9.17) is 11.6 Å². The van der Waals surface area contributed by atoms with Gasteiger partial charge in [0.15, 0.2) is 0 Å². The summed E-state index contributed by atoms with van der Waals surface area (Å²) in [5.41, 5.74) is 3.32. The Morgan fingerprint density at radius 2 is 1.91 bits per heavy atom. The Balaban J connectivity index is 1.26. The lowest BCUT2D eigenvalue weighted by Gasteiger charge is -2.57. The first-order valence-electron chi connectivity index (χ1n) is 11.9. The lowest BCUT2D eigenvalue weighted by molar-refractivity contribution is -0.0570. The fraction of sp³-hybridized carbons (Fsp3) is 0.480. The van der Waals surface area contributed by atoms with Crippen molar-refractivity contribution in [3.05, 3.63) is 65.0 Å². The maximum absolute atomic E-state index is 14.0. The highest BCUT2D eigenvalue weighted by atomic mass is 35.5. The van der Waals surface area contributed by atoms with Gasteiger partial charge in [0, 0.05) is 35.4 Å². The van der Waals surface area contributed by atoms with E-state index in [1.54, 1.807) is 24.5 Å². The van der Waals surface area contributed by atoms with Gasteiger partial charge in [0.2, 0.25) is 0 Å². The van der Waals surface area contributed by atoms with E-state index in [1.807, 2.05) is 18.5 Å². The fourth-order valence-corrected chi connectivity index (χ4v) is 5.73. The Morgan fingerprint density at radius 3 is 2.61 bits per heavy atom. The van der Waals surface area contributed by atoms with Crippen LogP contribution >= 0.6 is 11.6 Å². The van der Waals surface area contributed by atoms with Crippen LogP contribution in [0.1, 0.15) is 66.7 Å². The van der Waals surface area contributed by atoms with Gasteiger partial charge in [-0.1, -0.05) is 18.5 Å². The average molecular weight is 463 g/mol. The van der Waals surface area contributed by atoms with Gasteiger partial charge >= 0.3 is 0 Å². The summed E-state index contributed by atoms with van der Waals surface area (Å²) in [4.78, 5) is 26.9. The third kappa shape index (κ3) is 3.82. The van der Waals surface area contributed by atoms with E-state index in [0.29, 0.717) is 34.0 Å². The zero-order valence-electron chi connectivity index (χ0n) is 18.6. The molecular formula is C25H27ClN6O. The number of hydrogen-bond acceptors (Lipinski definition) is 5. The van der Waals surface area contributed by atoms with E-state index in [2.05, 4.69) is 32.0 Å². The van der Waals surface area contributed by atoms with Crippen LogP contribution in [-0.2, 0) is 6.42 Å². The van der Waals surface area contributed by atoms with Gasteiger partial charge < -0.3 is 4.90 Å². The number of carbonyl (C=O) groups excluding carboxylic acids is 1. The molecule has 4 aliphatic rings. The first kappa shape index (κ1) is 20.8. The minimum Gasteiger partial charge on any atom is -0.332 e. The van der Waals surface area contributed by atoms with Gasteiger partial charge in [0.25, 0.3) is 5.91 Å². The number of aromatic nitrogens is 5. The molecule has 7 nitrogen and oxygen atoms in total. The first-order valence-corrected chi connectivity index (χ1v) is 12.3. The first-order chi connectivity index (χ1) is 16.1. The zero-order chi connectivity index (χ0) is 22.5. The van der Waals surface area contributed by atoms with Gasteiger partial charge in [0.05, 0.1) is 35.0 Å². The van der Waals surface area contributed by atoms with E-state index >= 15 is 0 Å². The van der Waals surface area contributed by atoms with E-state index in [9.17, 15) is 4.79 Å². The van der Waals surface area contributed by atoms with E-state index in [1.165, 1.54) is 17.6 Å². The molecule has 1 aromatic carbocycles. The normalized spacial score (nSPS) is 26.2. The predicted molar refractivity (Wildman–Crippen MR) is 124 cm³/mol. The Bertz CT molecular complexity index is 1150. The number of rotatable bonds is 6. The SMILES string of the molecule is C[C@@H]1C2CC(C2)N(C(=O)c2cc(Cl)ccc2-n2nccn2)C1CCc1cnc(C2CC2)cn1. The van der Waals surface area contributed by atoms with Crippen LogP contribution in [0.2, 0.25) is 5.02 Å². The van der Waals surface area contributed by atoms with Crippen molar-refractivity contribution in [1.29, 1.82) is 0 Å². The molecular weight excluding hydrogens is 436 g/mol. The number of benzene rings is 1. The molecule has 2 aromatic heterocycles. The number of amides is 1. The molecule has 2 saturated heterocycles. The Kier molecular flexibility index (Phi) is 5.17. The standard InChI is InChI=1S/C25H27ClN6O/c1-15-17-10-20(11-17)31(23(15)7-5-19-13-28-22(14-27-19)16-2-3-16)25(33)21-12-18(26)4-6-24(21)32-29-8-9-30-32/h4,6,8-9,12-17,20,23H,2-3,5,7,10-11H2,1H3/t15-,17?,20?,23?/m1/s1. The fourth-order valence-electron chi connectivity index (χ4n) is 5.56. The summed E-state index contributed by atoms with van der Waals surface area (Å²) in [6.07, 6.45) is 13.4. The van der Waals surface area contributed by atoms with Crippen molar-refractivity contribution in [2.45, 2.75) is 63.5 Å². The lowest BCUT2D eigenvalue weighted by Crippen LogP contribution is -2.63. The monoisotopic (exact) mass is 462 g/mol. The molecule has 0 radical (unpaired) electrons. The third-order valence-corrected chi connectivity index (χ3v) is 7.96. The molecule has 4 heterocycles. The van der Waals surface area contributed by atoms with Gasteiger partial charge in [-0.15, -0.1) is 0 Å². The molecule has 2 atom stereocenters. The Hall–Kier alpha value is -2.80. The minimum atomic E-state index is 0.0139. The number of carbonyl (C=O) groups is 1. The average Bonchev–Trinajstić information content (AvgIpc) is 3.51. The molecule has 2 aliphatic heterocycles. The van der Waals surface area contributed by atoms with Crippen molar-refractivity contribution >= 4 is 17.5 Å². The van der Waals surface area contributed by atoms with Crippen LogP contribution in [-0.4, -0.2) is 47.9 Å². The van der Waals surface area contributed by atoms with Crippen LogP contribution in [0, 0.1) is 11.8 Å². The maximum atomic E-state index is 14.0. The van der Waals surface area contributed by atoms with Crippen molar-refractivity contribution in [3.63, 3.8) is 0 Å². The largest absolute Gasteiger partial charge is 0.332 e. The smallest absolute Gasteiger partial charge is 0.256 e. The van der Waals surface area contributed by atoms with Gasteiger partial charge in [0.1, 0.15) is 0 Å². The van der Waals surface area contributed by atoms with Crippen LogP contribution < -0.4 is 0 Å². The highest BCUT2D eigenvalue weighted by Crippen LogP contribution is 2.48. The number of halogens is 1. The summed E-state index contributed by atoms with van der Waals surface area (Å²) < 4.78 is 0. The molecule has 3 aromatic rings. The molecule has 1 unspecified atom stereocenters. The molecule has 1 amide bonds. The van der Waals surface area contributed by atoms with Crippen molar-refractivity contribution in [1.82, 2.24) is 29.9 Å². The molecule has 2 aliphatic carbocycles. The van der Waals surface area contributed by atoms with Crippen LogP contribution in [0.3, 0.4) is 0 Å². The molecule has 170 valence electrons. The van der Waals surface area contributed by atoms with Crippen LogP contribution in [0.25, 0.3) is 5.69 Å². The molecule has 33 heavy (non-hydrogen) atoms. The molecule has 7 rings (SSSR count). The Labute approximate surface area is 198 Å². The van der Waals surface area contributed by atoms with E-state index in [0.717, 1.165) is 37.1 Å². The van der Waals surface area contributed by atoms with Crippen molar-refractivity contribution in [2.75, 3.05) is 0 Å². The molecule has 4 fully saturated rings. The highest BCUT2D eigenvalue weighted by Gasteiger charge is 2.50. The second-order valence-electron chi connectivity index (χ2n) is 9.75. The van der Waals surface area contributed by atoms with E-state index < -0.39 is 0 Å². The van der Waals surface area contributed by atoms with Crippen LogP contribution in [0.4, 0.5) is 0 Å². The van der Waals surface area contributed by atoms with Crippen LogP contribution in [0.15, 0.2) is 43.0 Å². The minimum absolute atomic E-state index is 0.0139. The van der Waals surface area contributed by atoms with Crippen molar-refractivity contribution in [3.8, 4) is 5.69 Å². The number of nitrogens with zero attached hydrogens (tertiary/aromatic N) is 6. The number of fused-ring (bicyclic) bond motifs is 2. The number of hydrogen-bond donors (Lipinski definition) is 0. The molecule has 0 spiro atoms. The highest BCUT2D eigenvalue weighted by molar-refractivity contribution is 6.31. The molecule has 0 N–H and O–H groups in total. The van der Waals surface area contributed by atoms with Gasteiger partial charge in [-0.25, -0.2) is 0 Å². The summed E-state index contributed by atoms with van der Waals surface area (Å²) in [7, 11) is 0.